The molecule has 0 aliphatic heterocycles. The maximum atomic E-state index is 14.2. The molecule has 1 aliphatic rings. The Kier molecular flexibility index (Phi) is 11.5. The number of amides is 2. The number of rotatable bonds is 12. The zero-order valence-corrected chi connectivity index (χ0v) is 27.0. The van der Waals surface area contributed by atoms with Crippen LogP contribution < -0.4 is 14.4 Å². The second-order valence-corrected chi connectivity index (χ2v) is 13.4. The smallest absolute Gasteiger partial charge is 0.264 e. The van der Waals surface area contributed by atoms with E-state index in [9.17, 15) is 22.4 Å². The molecule has 1 fully saturated rings. The molecule has 8 nitrogen and oxygen atoms in total. The van der Waals surface area contributed by atoms with Crippen molar-refractivity contribution >= 4 is 50.7 Å². The molecule has 3 aromatic rings. The van der Waals surface area contributed by atoms with Crippen molar-refractivity contribution in [3.63, 3.8) is 0 Å². The van der Waals surface area contributed by atoms with Gasteiger partial charge in [-0.25, -0.2) is 12.8 Å². The molecule has 0 bridgehead atoms. The van der Waals surface area contributed by atoms with Crippen LogP contribution in [0.4, 0.5) is 10.1 Å². The lowest BCUT2D eigenvalue weighted by Gasteiger charge is -2.34. The van der Waals surface area contributed by atoms with Crippen molar-refractivity contribution in [1.29, 1.82) is 0 Å². The minimum absolute atomic E-state index is 0.0124. The number of methoxy groups -OCH3 is 1. The molecular formula is C32H36Cl2FN3O5S. The number of carbonyl (C=O) groups excluding carboxylic acids is 2. The van der Waals surface area contributed by atoms with Crippen LogP contribution >= 0.6 is 23.2 Å². The fraction of sp³-hybridized carbons (Fsp3) is 0.375. The van der Waals surface area contributed by atoms with E-state index in [-0.39, 0.29) is 40.5 Å². The highest BCUT2D eigenvalue weighted by molar-refractivity contribution is 7.92. The van der Waals surface area contributed by atoms with E-state index in [4.69, 9.17) is 27.9 Å². The van der Waals surface area contributed by atoms with Crippen LogP contribution in [0.5, 0.6) is 5.75 Å². The molecule has 12 heteroatoms. The molecule has 0 aromatic heterocycles. The van der Waals surface area contributed by atoms with Crippen LogP contribution in [0.2, 0.25) is 10.0 Å². The molecular weight excluding hydrogens is 628 g/mol. The zero-order chi connectivity index (χ0) is 31.9. The van der Waals surface area contributed by atoms with Gasteiger partial charge in [-0.1, -0.05) is 55.5 Å². The average molecular weight is 665 g/mol. The predicted molar refractivity (Wildman–Crippen MR) is 170 cm³/mol. The van der Waals surface area contributed by atoms with Crippen LogP contribution in [-0.4, -0.2) is 50.9 Å². The second-order valence-electron chi connectivity index (χ2n) is 10.7. The standard InChI is InChI=1S/C32H36Cl2FN3O5S/c1-3-30(32(40)36-24-7-5-4-6-8-24)37(20-22-9-18-28(33)29(34)19-22)31(39)21-38(25-12-10-23(35)11-13-25)44(41,42)27-16-14-26(43-2)15-17-27/h9-19,24,30H,3-8,20-21H2,1-2H3,(H,36,40)/t30-/m0/s1. The van der Waals surface area contributed by atoms with Crippen LogP contribution in [0.1, 0.15) is 51.0 Å². The highest BCUT2D eigenvalue weighted by Gasteiger charge is 2.34. The normalized spacial score (nSPS) is 14.5. The maximum absolute atomic E-state index is 14.2. The Labute approximate surface area is 268 Å². The number of benzene rings is 3. The van der Waals surface area contributed by atoms with Crippen LogP contribution in [0.25, 0.3) is 0 Å². The molecule has 44 heavy (non-hydrogen) atoms. The number of hydrogen-bond acceptors (Lipinski definition) is 5. The van der Waals surface area contributed by atoms with E-state index in [1.165, 1.54) is 48.4 Å². The molecule has 0 saturated heterocycles. The predicted octanol–water partition coefficient (Wildman–Crippen LogP) is 6.59. The van der Waals surface area contributed by atoms with E-state index in [2.05, 4.69) is 5.32 Å². The van der Waals surface area contributed by atoms with Crippen molar-refractivity contribution in [2.24, 2.45) is 0 Å². The van der Waals surface area contributed by atoms with Gasteiger partial charge in [0.15, 0.2) is 0 Å². The van der Waals surface area contributed by atoms with Gasteiger partial charge in [-0.2, -0.15) is 0 Å². The molecule has 236 valence electrons. The number of hydrogen-bond donors (Lipinski definition) is 1. The molecule has 3 aromatic carbocycles. The lowest BCUT2D eigenvalue weighted by Crippen LogP contribution is -2.54. The zero-order valence-electron chi connectivity index (χ0n) is 24.6. The first-order valence-corrected chi connectivity index (χ1v) is 16.7. The third-order valence-corrected chi connectivity index (χ3v) is 10.2. The summed E-state index contributed by atoms with van der Waals surface area (Å²) in [5.74, 6) is -1.04. The van der Waals surface area contributed by atoms with Crippen molar-refractivity contribution < 1.29 is 27.1 Å². The average Bonchev–Trinajstić information content (AvgIpc) is 3.02. The molecule has 1 saturated carbocycles. The van der Waals surface area contributed by atoms with E-state index in [1.54, 1.807) is 25.1 Å². The van der Waals surface area contributed by atoms with Gasteiger partial charge in [0.1, 0.15) is 24.2 Å². The molecule has 1 atom stereocenters. The van der Waals surface area contributed by atoms with Gasteiger partial charge in [0.05, 0.1) is 27.7 Å². The summed E-state index contributed by atoms with van der Waals surface area (Å²) in [5.41, 5.74) is 0.702. The Morgan fingerprint density at radius 1 is 0.977 bits per heavy atom. The summed E-state index contributed by atoms with van der Waals surface area (Å²) in [6.45, 7) is 1.13. The Bertz CT molecular complexity index is 1550. The summed E-state index contributed by atoms with van der Waals surface area (Å²) in [6.07, 6.45) is 5.16. The monoisotopic (exact) mass is 663 g/mol. The molecule has 2 amide bonds. The first-order valence-electron chi connectivity index (χ1n) is 14.5. The topological polar surface area (TPSA) is 96.0 Å². The van der Waals surface area contributed by atoms with E-state index in [1.807, 2.05) is 0 Å². The molecule has 1 N–H and O–H groups in total. The summed E-state index contributed by atoms with van der Waals surface area (Å²) in [7, 11) is -2.85. The SMILES string of the molecule is CC[C@@H](C(=O)NC1CCCCC1)N(Cc1ccc(Cl)c(Cl)c1)C(=O)CN(c1ccc(F)cc1)S(=O)(=O)c1ccc(OC)cc1. The number of halogens is 3. The Hall–Kier alpha value is -3.34. The van der Waals surface area contributed by atoms with Gasteiger partial charge in [-0.15, -0.1) is 0 Å². The van der Waals surface area contributed by atoms with Crippen LogP contribution in [0.15, 0.2) is 71.6 Å². The number of nitrogens with one attached hydrogen (secondary N) is 1. The Morgan fingerprint density at radius 2 is 1.64 bits per heavy atom. The van der Waals surface area contributed by atoms with Crippen molar-refractivity contribution in [1.82, 2.24) is 10.2 Å². The summed E-state index contributed by atoms with van der Waals surface area (Å²) < 4.78 is 47.9. The largest absolute Gasteiger partial charge is 0.497 e. The number of carbonyl (C=O) groups is 2. The first-order chi connectivity index (χ1) is 21.0. The quantitative estimate of drug-likeness (QED) is 0.236. The number of ether oxygens (including phenoxy) is 1. The van der Waals surface area contributed by atoms with Crippen molar-refractivity contribution in [2.75, 3.05) is 18.0 Å². The molecule has 0 heterocycles. The molecule has 4 rings (SSSR count). The third-order valence-electron chi connectivity index (χ3n) is 7.72. The number of nitrogens with zero attached hydrogens (tertiary/aromatic N) is 2. The number of sulfonamides is 1. The summed E-state index contributed by atoms with van der Waals surface area (Å²) in [5, 5.41) is 3.72. The van der Waals surface area contributed by atoms with Crippen molar-refractivity contribution in [3.8, 4) is 5.75 Å². The van der Waals surface area contributed by atoms with E-state index in [0.29, 0.717) is 16.3 Å². The first kappa shape index (κ1) is 33.6. The van der Waals surface area contributed by atoms with Crippen molar-refractivity contribution in [2.45, 2.75) is 69.0 Å². The van der Waals surface area contributed by atoms with E-state index >= 15 is 0 Å². The highest BCUT2D eigenvalue weighted by Crippen LogP contribution is 2.28. The van der Waals surface area contributed by atoms with Gasteiger partial charge in [0, 0.05) is 12.6 Å². The lowest BCUT2D eigenvalue weighted by molar-refractivity contribution is -0.140. The fourth-order valence-corrected chi connectivity index (χ4v) is 7.04. The minimum atomic E-state index is -4.31. The Morgan fingerprint density at radius 3 is 2.23 bits per heavy atom. The summed E-state index contributed by atoms with van der Waals surface area (Å²) >= 11 is 12.4. The van der Waals surface area contributed by atoms with Gasteiger partial charge in [-0.3, -0.25) is 13.9 Å². The maximum Gasteiger partial charge on any atom is 0.264 e. The van der Waals surface area contributed by atoms with Crippen LogP contribution in [-0.2, 0) is 26.2 Å². The lowest BCUT2D eigenvalue weighted by atomic mass is 9.95. The third kappa shape index (κ3) is 8.22. The van der Waals surface area contributed by atoms with E-state index in [0.717, 1.165) is 48.5 Å². The fourth-order valence-electron chi connectivity index (χ4n) is 5.31. The van der Waals surface area contributed by atoms with E-state index < -0.39 is 34.3 Å². The molecule has 0 spiro atoms. The van der Waals surface area contributed by atoms with Gasteiger partial charge in [-0.05, 0) is 85.5 Å². The molecule has 0 unspecified atom stereocenters. The minimum Gasteiger partial charge on any atom is -0.497 e. The number of anilines is 1. The summed E-state index contributed by atoms with van der Waals surface area (Å²) in [6, 6.07) is 14.6. The highest BCUT2D eigenvalue weighted by atomic mass is 35.5. The van der Waals surface area contributed by atoms with Crippen molar-refractivity contribution in [3.05, 3.63) is 88.2 Å². The molecule has 1 aliphatic carbocycles. The van der Waals surface area contributed by atoms with Gasteiger partial charge < -0.3 is 15.0 Å². The van der Waals surface area contributed by atoms with Crippen LogP contribution in [0.3, 0.4) is 0 Å². The molecule has 0 radical (unpaired) electrons. The second kappa shape index (κ2) is 15.1. The Balaban J connectivity index is 1.71. The summed E-state index contributed by atoms with van der Waals surface area (Å²) in [4.78, 5) is 29.1. The van der Waals surface area contributed by atoms with Gasteiger partial charge in [0.2, 0.25) is 11.8 Å². The van der Waals surface area contributed by atoms with Gasteiger partial charge in [0.25, 0.3) is 10.0 Å². The van der Waals surface area contributed by atoms with Crippen LogP contribution in [0, 0.1) is 5.82 Å². The van der Waals surface area contributed by atoms with Gasteiger partial charge >= 0.3 is 0 Å².